The molecule has 1 aromatic rings. The molecule has 1 unspecified atom stereocenters. The van der Waals surface area contributed by atoms with Crippen LogP contribution in [0.1, 0.15) is 30.4 Å². The molecule has 2 rings (SSSR count). The summed E-state index contributed by atoms with van der Waals surface area (Å²) in [7, 11) is 0. The van der Waals surface area contributed by atoms with Crippen LogP contribution in [0.4, 0.5) is 0 Å². The average molecular weight is 347 g/mol. The fourth-order valence-electron chi connectivity index (χ4n) is 3.04. The van der Waals surface area contributed by atoms with Gasteiger partial charge in [0.25, 0.3) is 0 Å². The number of aryl methyl sites for hydroxylation is 1. The molecule has 1 saturated heterocycles. The number of likely N-dealkylation sites (tertiary alicyclic amines) is 1. The normalized spacial score (nSPS) is 17.2. The summed E-state index contributed by atoms with van der Waals surface area (Å²) in [5.74, 6) is 0.728. The SMILES string of the molecule is Cc1cccc(OCCC(=O)N2CCCC(C(=O)NCCN)C2)c1C. The first-order valence-corrected chi connectivity index (χ1v) is 8.97. The Bertz CT molecular complexity index is 604. The van der Waals surface area contributed by atoms with Gasteiger partial charge >= 0.3 is 0 Å². The summed E-state index contributed by atoms with van der Waals surface area (Å²) in [5.41, 5.74) is 7.69. The fraction of sp³-hybridized carbons (Fsp3) is 0.579. The van der Waals surface area contributed by atoms with Crippen LogP contribution in [-0.2, 0) is 9.59 Å². The number of rotatable bonds is 7. The molecule has 0 saturated carbocycles. The second-order valence-corrected chi connectivity index (χ2v) is 6.56. The number of piperidine rings is 1. The Morgan fingerprint density at radius 3 is 2.92 bits per heavy atom. The zero-order chi connectivity index (χ0) is 18.2. The van der Waals surface area contributed by atoms with E-state index in [0.29, 0.717) is 39.2 Å². The molecule has 0 bridgehead atoms. The molecule has 6 nitrogen and oxygen atoms in total. The van der Waals surface area contributed by atoms with Crippen LogP contribution in [-0.4, -0.2) is 49.5 Å². The van der Waals surface area contributed by atoms with Crippen LogP contribution in [0.15, 0.2) is 18.2 Å². The Balaban J connectivity index is 1.80. The Kier molecular flexibility index (Phi) is 7.25. The summed E-state index contributed by atoms with van der Waals surface area (Å²) >= 11 is 0. The van der Waals surface area contributed by atoms with Crippen LogP contribution in [0.25, 0.3) is 0 Å². The molecule has 1 fully saturated rings. The summed E-state index contributed by atoms with van der Waals surface area (Å²) < 4.78 is 5.77. The van der Waals surface area contributed by atoms with Crippen molar-refractivity contribution in [1.29, 1.82) is 0 Å². The maximum absolute atomic E-state index is 12.4. The van der Waals surface area contributed by atoms with Crippen LogP contribution in [0.2, 0.25) is 0 Å². The second-order valence-electron chi connectivity index (χ2n) is 6.56. The van der Waals surface area contributed by atoms with Gasteiger partial charge in [-0.1, -0.05) is 12.1 Å². The first-order valence-electron chi connectivity index (χ1n) is 8.97. The lowest BCUT2D eigenvalue weighted by molar-refractivity contribution is -0.136. The topological polar surface area (TPSA) is 84.7 Å². The van der Waals surface area contributed by atoms with E-state index >= 15 is 0 Å². The van der Waals surface area contributed by atoms with E-state index in [2.05, 4.69) is 5.32 Å². The van der Waals surface area contributed by atoms with Crippen molar-refractivity contribution in [3.63, 3.8) is 0 Å². The van der Waals surface area contributed by atoms with Gasteiger partial charge in [0.2, 0.25) is 11.8 Å². The van der Waals surface area contributed by atoms with Gasteiger partial charge < -0.3 is 20.7 Å². The highest BCUT2D eigenvalue weighted by Gasteiger charge is 2.27. The molecule has 1 aromatic carbocycles. The number of nitrogens with zero attached hydrogens (tertiary/aromatic N) is 1. The maximum atomic E-state index is 12.4. The second kappa shape index (κ2) is 9.42. The molecule has 2 amide bonds. The van der Waals surface area contributed by atoms with Crippen LogP contribution < -0.4 is 15.8 Å². The van der Waals surface area contributed by atoms with Gasteiger partial charge in [0.15, 0.2) is 0 Å². The Hall–Kier alpha value is -2.08. The summed E-state index contributed by atoms with van der Waals surface area (Å²) in [6.07, 6.45) is 1.99. The summed E-state index contributed by atoms with van der Waals surface area (Å²) in [5, 5.41) is 2.81. The van der Waals surface area contributed by atoms with E-state index in [1.54, 1.807) is 4.90 Å². The molecule has 6 heteroatoms. The van der Waals surface area contributed by atoms with Gasteiger partial charge in [-0.3, -0.25) is 9.59 Å². The smallest absolute Gasteiger partial charge is 0.226 e. The van der Waals surface area contributed by atoms with Gasteiger partial charge in [-0.15, -0.1) is 0 Å². The minimum absolute atomic E-state index is 0.00501. The number of ether oxygens (including phenoxy) is 1. The van der Waals surface area contributed by atoms with E-state index in [4.69, 9.17) is 10.5 Å². The predicted molar refractivity (Wildman–Crippen MR) is 97.4 cm³/mol. The van der Waals surface area contributed by atoms with E-state index in [1.807, 2.05) is 32.0 Å². The van der Waals surface area contributed by atoms with E-state index in [0.717, 1.165) is 24.2 Å². The number of nitrogens with two attached hydrogens (primary N) is 1. The summed E-state index contributed by atoms with van der Waals surface area (Å²) in [4.78, 5) is 26.3. The van der Waals surface area contributed by atoms with Gasteiger partial charge in [0.1, 0.15) is 5.75 Å². The van der Waals surface area contributed by atoms with Crippen molar-refractivity contribution in [1.82, 2.24) is 10.2 Å². The lowest BCUT2D eigenvalue weighted by atomic mass is 9.97. The van der Waals surface area contributed by atoms with Crippen molar-refractivity contribution >= 4 is 11.8 Å². The zero-order valence-corrected chi connectivity index (χ0v) is 15.2. The van der Waals surface area contributed by atoms with Crippen LogP contribution in [0.3, 0.4) is 0 Å². The molecule has 138 valence electrons. The van der Waals surface area contributed by atoms with E-state index < -0.39 is 0 Å². The monoisotopic (exact) mass is 347 g/mol. The van der Waals surface area contributed by atoms with E-state index in [9.17, 15) is 9.59 Å². The third-order valence-electron chi connectivity index (χ3n) is 4.72. The van der Waals surface area contributed by atoms with Crippen LogP contribution >= 0.6 is 0 Å². The summed E-state index contributed by atoms with van der Waals surface area (Å²) in [6.45, 7) is 6.51. The number of carbonyl (C=O) groups excluding carboxylic acids is 2. The van der Waals surface area contributed by atoms with Crippen LogP contribution in [0, 0.1) is 19.8 Å². The standard InChI is InChI=1S/C19H29N3O3/c1-14-5-3-7-17(15(14)2)25-12-8-18(23)22-11-4-6-16(13-22)19(24)21-10-9-20/h3,5,7,16H,4,6,8-13,20H2,1-2H3,(H,21,24). The Morgan fingerprint density at radius 2 is 2.16 bits per heavy atom. The predicted octanol–water partition coefficient (Wildman–Crippen LogP) is 1.39. The third kappa shape index (κ3) is 5.46. The van der Waals surface area contributed by atoms with E-state index in [1.165, 1.54) is 5.56 Å². The third-order valence-corrected chi connectivity index (χ3v) is 4.72. The molecular weight excluding hydrogens is 318 g/mol. The number of benzene rings is 1. The molecule has 1 aliphatic heterocycles. The minimum atomic E-state index is -0.135. The summed E-state index contributed by atoms with van der Waals surface area (Å²) in [6, 6.07) is 5.91. The van der Waals surface area contributed by atoms with Gasteiger partial charge in [-0.2, -0.15) is 0 Å². The van der Waals surface area contributed by atoms with Gasteiger partial charge in [0.05, 0.1) is 18.9 Å². The quantitative estimate of drug-likeness (QED) is 0.780. The van der Waals surface area contributed by atoms with Crippen molar-refractivity contribution in [3.8, 4) is 5.75 Å². The first-order chi connectivity index (χ1) is 12.0. The molecule has 0 aliphatic carbocycles. The maximum Gasteiger partial charge on any atom is 0.226 e. The number of carbonyl (C=O) groups is 2. The van der Waals surface area contributed by atoms with Crippen molar-refractivity contribution < 1.29 is 14.3 Å². The van der Waals surface area contributed by atoms with Gasteiger partial charge in [-0.05, 0) is 43.9 Å². The Morgan fingerprint density at radius 1 is 1.36 bits per heavy atom. The molecule has 25 heavy (non-hydrogen) atoms. The van der Waals surface area contributed by atoms with E-state index in [-0.39, 0.29) is 17.7 Å². The molecule has 1 atom stereocenters. The highest BCUT2D eigenvalue weighted by molar-refractivity contribution is 5.81. The van der Waals surface area contributed by atoms with Crippen molar-refractivity contribution in [2.75, 3.05) is 32.8 Å². The zero-order valence-electron chi connectivity index (χ0n) is 15.2. The lowest BCUT2D eigenvalue weighted by Gasteiger charge is -2.32. The van der Waals surface area contributed by atoms with Crippen molar-refractivity contribution in [2.45, 2.75) is 33.1 Å². The largest absolute Gasteiger partial charge is 0.493 e. The van der Waals surface area contributed by atoms with Gasteiger partial charge in [0, 0.05) is 26.2 Å². The number of nitrogens with one attached hydrogen (secondary N) is 1. The minimum Gasteiger partial charge on any atom is -0.493 e. The first kappa shape index (κ1) is 19.2. The molecule has 0 radical (unpaired) electrons. The van der Waals surface area contributed by atoms with Crippen molar-refractivity contribution in [2.24, 2.45) is 11.7 Å². The average Bonchev–Trinajstić information content (AvgIpc) is 2.63. The lowest BCUT2D eigenvalue weighted by Crippen LogP contribution is -2.46. The fourth-order valence-corrected chi connectivity index (χ4v) is 3.04. The molecule has 0 aromatic heterocycles. The molecule has 1 aliphatic rings. The molecule has 3 N–H and O–H groups in total. The highest BCUT2D eigenvalue weighted by atomic mass is 16.5. The highest BCUT2D eigenvalue weighted by Crippen LogP contribution is 2.21. The van der Waals surface area contributed by atoms with Crippen LogP contribution in [0.5, 0.6) is 5.75 Å². The molecule has 1 heterocycles. The molecular formula is C19H29N3O3. The number of hydrogen-bond donors (Lipinski definition) is 2. The number of hydrogen-bond acceptors (Lipinski definition) is 4. The number of amides is 2. The van der Waals surface area contributed by atoms with Crippen molar-refractivity contribution in [3.05, 3.63) is 29.3 Å². The van der Waals surface area contributed by atoms with Gasteiger partial charge in [-0.25, -0.2) is 0 Å². The molecule has 0 spiro atoms. The Labute approximate surface area is 149 Å².